The highest BCUT2D eigenvalue weighted by molar-refractivity contribution is 7.54. The van der Waals surface area contributed by atoms with Gasteiger partial charge in [0, 0.05) is 5.69 Å². The third kappa shape index (κ3) is 4.17. The second-order valence-electron chi connectivity index (χ2n) is 6.31. The fourth-order valence-corrected chi connectivity index (χ4v) is 5.29. The molecule has 3 rings (SSSR count). The topological polar surface area (TPSA) is 47.6 Å². The van der Waals surface area contributed by atoms with Crippen molar-refractivity contribution in [2.75, 3.05) is 18.5 Å². The van der Waals surface area contributed by atoms with Gasteiger partial charge in [-0.05, 0) is 74.1 Å². The quantitative estimate of drug-likeness (QED) is 0.600. The second-order valence-corrected chi connectivity index (χ2v) is 8.42. The lowest BCUT2D eigenvalue weighted by atomic mass is 10.1. The summed E-state index contributed by atoms with van der Waals surface area (Å²) in [6, 6.07) is 12.1. The lowest BCUT2D eigenvalue weighted by Gasteiger charge is -2.28. The first kappa shape index (κ1) is 19.1. The summed E-state index contributed by atoms with van der Waals surface area (Å²) in [6.07, 6.45) is 3.32. The molecule has 1 N–H and O–H groups in total. The van der Waals surface area contributed by atoms with Crippen molar-refractivity contribution in [1.29, 1.82) is 0 Å². The van der Waals surface area contributed by atoms with Gasteiger partial charge in [0.15, 0.2) is 5.78 Å². The van der Waals surface area contributed by atoms with Crippen molar-refractivity contribution in [3.05, 3.63) is 65.0 Å². The number of hydrogen-bond acceptors (Lipinski definition) is 4. The van der Waals surface area contributed by atoms with Gasteiger partial charge in [-0.1, -0.05) is 18.2 Å². The van der Waals surface area contributed by atoms with E-state index in [1.807, 2.05) is 6.07 Å². The van der Waals surface area contributed by atoms with Crippen LogP contribution in [0, 0.1) is 5.82 Å². The highest BCUT2D eigenvalue weighted by Gasteiger charge is 2.37. The molecule has 0 spiro atoms. The summed E-state index contributed by atoms with van der Waals surface area (Å²) < 4.78 is 37.9. The fourth-order valence-electron chi connectivity index (χ4n) is 3.36. The number of aryl methyl sites for hydroxylation is 2. The average molecular weight is 377 g/mol. The number of rotatable bonds is 8. The van der Waals surface area contributed by atoms with Crippen molar-refractivity contribution >= 4 is 13.3 Å². The zero-order valence-corrected chi connectivity index (χ0v) is 16.1. The van der Waals surface area contributed by atoms with Crippen LogP contribution in [0.15, 0.2) is 42.5 Å². The van der Waals surface area contributed by atoms with Gasteiger partial charge in [0.05, 0.1) is 13.2 Å². The summed E-state index contributed by atoms with van der Waals surface area (Å²) in [5.74, 6) is -1.05. The van der Waals surface area contributed by atoms with Crippen molar-refractivity contribution in [3.8, 4) is 0 Å². The van der Waals surface area contributed by atoms with E-state index < -0.39 is 13.4 Å². The third-order valence-electron chi connectivity index (χ3n) is 4.52. The number of halogens is 1. The predicted molar refractivity (Wildman–Crippen MR) is 102 cm³/mol. The molecule has 0 radical (unpaired) electrons. The number of anilines is 1. The Balaban J connectivity index is 1.96. The third-order valence-corrected chi connectivity index (χ3v) is 6.82. The van der Waals surface area contributed by atoms with Crippen molar-refractivity contribution in [2.45, 2.75) is 38.9 Å². The maximum Gasteiger partial charge on any atom is 0.357 e. The summed E-state index contributed by atoms with van der Waals surface area (Å²) in [6.45, 7) is 4.09. The molecule has 26 heavy (non-hydrogen) atoms. The van der Waals surface area contributed by atoms with Crippen LogP contribution in [0.3, 0.4) is 0 Å². The Morgan fingerprint density at radius 3 is 2.35 bits per heavy atom. The fraction of sp³-hybridized carbons (Fsp3) is 0.400. The van der Waals surface area contributed by atoms with Gasteiger partial charge in [-0.2, -0.15) is 0 Å². The second kappa shape index (κ2) is 8.34. The SMILES string of the molecule is CCOP(=O)(OCC)C(Nc1ccc2c(c1)CCC2)c1ccc(F)cc1. The monoisotopic (exact) mass is 377 g/mol. The van der Waals surface area contributed by atoms with Crippen molar-refractivity contribution < 1.29 is 18.0 Å². The lowest BCUT2D eigenvalue weighted by Crippen LogP contribution is -2.15. The van der Waals surface area contributed by atoms with Crippen LogP contribution >= 0.6 is 7.60 Å². The molecule has 140 valence electrons. The Labute approximate surface area is 154 Å². The Bertz CT molecular complexity index is 784. The Hall–Kier alpha value is -1.68. The van der Waals surface area contributed by atoms with Crippen LogP contribution in [0.1, 0.15) is 42.7 Å². The van der Waals surface area contributed by atoms with Gasteiger partial charge < -0.3 is 14.4 Å². The van der Waals surface area contributed by atoms with Gasteiger partial charge in [0.1, 0.15) is 5.82 Å². The Kier molecular flexibility index (Phi) is 6.13. The zero-order valence-electron chi connectivity index (χ0n) is 15.2. The van der Waals surface area contributed by atoms with Crippen LogP contribution in [-0.2, 0) is 26.5 Å². The van der Waals surface area contributed by atoms with Crippen LogP contribution in [0.5, 0.6) is 0 Å². The van der Waals surface area contributed by atoms with Crippen molar-refractivity contribution in [1.82, 2.24) is 0 Å². The normalized spacial score (nSPS) is 14.9. The summed E-state index contributed by atoms with van der Waals surface area (Å²) in [5, 5.41) is 3.32. The molecule has 0 amide bonds. The van der Waals surface area contributed by atoms with Gasteiger partial charge in [-0.15, -0.1) is 0 Å². The molecule has 1 aliphatic rings. The predicted octanol–water partition coefficient (Wildman–Crippen LogP) is 5.69. The Morgan fingerprint density at radius 1 is 1.04 bits per heavy atom. The van der Waals surface area contributed by atoms with Crippen LogP contribution < -0.4 is 5.32 Å². The average Bonchev–Trinajstić information content (AvgIpc) is 3.09. The molecule has 0 saturated carbocycles. The van der Waals surface area contributed by atoms with Crippen LogP contribution in [0.4, 0.5) is 10.1 Å². The van der Waals surface area contributed by atoms with Gasteiger partial charge >= 0.3 is 7.60 Å². The molecular weight excluding hydrogens is 352 g/mol. The van der Waals surface area contributed by atoms with Crippen molar-refractivity contribution in [2.24, 2.45) is 0 Å². The van der Waals surface area contributed by atoms with Gasteiger partial charge in [-0.3, -0.25) is 4.57 Å². The summed E-state index contributed by atoms with van der Waals surface area (Å²) in [4.78, 5) is 0. The molecule has 0 aliphatic heterocycles. The largest absolute Gasteiger partial charge is 0.368 e. The highest BCUT2D eigenvalue weighted by Crippen LogP contribution is 2.60. The Morgan fingerprint density at radius 2 is 1.69 bits per heavy atom. The first-order chi connectivity index (χ1) is 12.6. The van der Waals surface area contributed by atoms with E-state index in [2.05, 4.69) is 17.4 Å². The molecule has 0 saturated heterocycles. The van der Waals surface area contributed by atoms with Gasteiger partial charge in [0.25, 0.3) is 0 Å². The molecule has 2 aromatic carbocycles. The zero-order chi connectivity index (χ0) is 18.6. The number of fused-ring (bicyclic) bond motifs is 1. The van der Waals surface area contributed by atoms with E-state index in [0.29, 0.717) is 5.56 Å². The molecule has 2 aromatic rings. The van der Waals surface area contributed by atoms with E-state index in [4.69, 9.17) is 9.05 Å². The first-order valence-electron chi connectivity index (χ1n) is 9.08. The molecule has 0 fully saturated rings. The number of hydrogen-bond donors (Lipinski definition) is 1. The van der Waals surface area contributed by atoms with E-state index in [1.54, 1.807) is 26.0 Å². The standard InChI is InChI=1S/C20H25FNO3P/c1-3-24-26(23,25-4-2)20(16-8-11-18(21)12-9-16)22-19-13-10-15-6-5-7-17(15)14-19/h8-14,20,22H,3-7H2,1-2H3. The molecule has 4 nitrogen and oxygen atoms in total. The minimum atomic E-state index is -3.49. The molecule has 1 atom stereocenters. The minimum absolute atomic E-state index is 0.265. The van der Waals surface area contributed by atoms with E-state index in [1.165, 1.54) is 23.3 Å². The van der Waals surface area contributed by atoms with E-state index in [9.17, 15) is 8.96 Å². The molecule has 1 unspecified atom stereocenters. The molecule has 0 aromatic heterocycles. The number of benzene rings is 2. The van der Waals surface area contributed by atoms with E-state index in [-0.39, 0.29) is 19.0 Å². The van der Waals surface area contributed by atoms with Crippen LogP contribution in [0.25, 0.3) is 0 Å². The summed E-state index contributed by atoms with van der Waals surface area (Å²) in [7, 11) is -3.49. The molecular formula is C20H25FNO3P. The van der Waals surface area contributed by atoms with Crippen molar-refractivity contribution in [3.63, 3.8) is 0 Å². The maximum atomic E-state index is 13.4. The van der Waals surface area contributed by atoms with E-state index in [0.717, 1.165) is 24.9 Å². The first-order valence-corrected chi connectivity index (χ1v) is 10.7. The number of nitrogens with one attached hydrogen (secondary N) is 1. The minimum Gasteiger partial charge on any atom is -0.368 e. The smallest absolute Gasteiger partial charge is 0.357 e. The summed E-state index contributed by atoms with van der Waals surface area (Å²) >= 11 is 0. The van der Waals surface area contributed by atoms with Gasteiger partial charge in [-0.25, -0.2) is 4.39 Å². The summed E-state index contributed by atoms with van der Waals surface area (Å²) in [5.41, 5.74) is 4.21. The van der Waals surface area contributed by atoms with Crippen LogP contribution in [0.2, 0.25) is 0 Å². The maximum absolute atomic E-state index is 13.4. The molecule has 1 aliphatic carbocycles. The molecule has 6 heteroatoms. The van der Waals surface area contributed by atoms with E-state index >= 15 is 0 Å². The highest BCUT2D eigenvalue weighted by atomic mass is 31.2. The lowest BCUT2D eigenvalue weighted by molar-refractivity contribution is 0.214. The molecule has 0 bridgehead atoms. The van der Waals surface area contributed by atoms with Gasteiger partial charge in [0.2, 0.25) is 0 Å². The van der Waals surface area contributed by atoms with Crippen LogP contribution in [-0.4, -0.2) is 13.2 Å². The molecule has 0 heterocycles.